The Morgan fingerprint density at radius 3 is 2.18 bits per heavy atom. The van der Waals surface area contributed by atoms with Crippen molar-refractivity contribution in [1.82, 2.24) is 5.32 Å². The molecule has 5 rings (SSSR count). The molecule has 222 valence electrons. The second-order valence-corrected chi connectivity index (χ2v) is 11.8. The third-order valence-electron chi connectivity index (χ3n) is 7.02. The molecule has 1 aliphatic heterocycles. The number of nitrogens with one attached hydrogen (secondary N) is 2. The molecule has 7 nitrogen and oxygen atoms in total. The van der Waals surface area contributed by atoms with Crippen LogP contribution >= 0.6 is 11.8 Å². The second kappa shape index (κ2) is 13.5. The molecule has 0 spiro atoms. The number of rotatable bonds is 9. The van der Waals surface area contributed by atoms with Crippen molar-refractivity contribution >= 4 is 52.8 Å². The molecule has 1 saturated heterocycles. The van der Waals surface area contributed by atoms with Crippen molar-refractivity contribution in [3.05, 3.63) is 131 Å². The van der Waals surface area contributed by atoms with Crippen LogP contribution in [0.25, 0.3) is 6.08 Å². The van der Waals surface area contributed by atoms with Gasteiger partial charge in [0.1, 0.15) is 11.5 Å². The van der Waals surface area contributed by atoms with Crippen molar-refractivity contribution in [2.75, 3.05) is 10.2 Å². The zero-order valence-corrected chi connectivity index (χ0v) is 24.9. The fourth-order valence-electron chi connectivity index (χ4n) is 4.62. The molecule has 9 heteroatoms. The molecule has 2 N–H and O–H groups in total. The summed E-state index contributed by atoms with van der Waals surface area (Å²) in [5.41, 5.74) is 3.02. The number of carbonyl (C=O) groups excluding carboxylic acids is 4. The van der Waals surface area contributed by atoms with Crippen LogP contribution in [0.5, 0.6) is 0 Å². The molecule has 1 atom stereocenters. The van der Waals surface area contributed by atoms with Crippen LogP contribution in [0.2, 0.25) is 0 Å². The maximum atomic E-state index is 13.4. The predicted octanol–water partition coefficient (Wildman–Crippen LogP) is 6.78. The summed E-state index contributed by atoms with van der Waals surface area (Å²) in [6.45, 7) is 4.16. The summed E-state index contributed by atoms with van der Waals surface area (Å²) in [4.78, 5) is 54.0. The Hall–Kier alpha value is -5.02. The normalized spacial score (nSPS) is 15.0. The summed E-state index contributed by atoms with van der Waals surface area (Å²) in [7, 11) is 0. The van der Waals surface area contributed by atoms with Crippen LogP contribution in [0, 0.1) is 5.82 Å². The minimum absolute atomic E-state index is 0.0273. The smallest absolute Gasteiger partial charge is 0.272 e. The Labute approximate surface area is 259 Å². The van der Waals surface area contributed by atoms with Crippen molar-refractivity contribution < 1.29 is 23.6 Å². The molecule has 1 unspecified atom stereocenters. The van der Waals surface area contributed by atoms with Crippen LogP contribution in [-0.2, 0) is 14.4 Å². The number of carbonyl (C=O) groups is 4. The summed E-state index contributed by atoms with van der Waals surface area (Å²) >= 11 is 1.29. The van der Waals surface area contributed by atoms with Gasteiger partial charge in [0, 0.05) is 22.6 Å². The SMILES string of the molecule is CC(C)c1ccc(N2C(=O)CC(Sc3ccc(NC(=O)/C(=C/c4ccc(F)cc4)NC(=O)c4ccccc4)cc3)C2=O)cc1. The van der Waals surface area contributed by atoms with Gasteiger partial charge in [0.25, 0.3) is 11.8 Å². The fourth-order valence-corrected chi connectivity index (χ4v) is 5.68. The number of hydrogen-bond acceptors (Lipinski definition) is 5. The summed E-state index contributed by atoms with van der Waals surface area (Å²) in [6, 6.07) is 28.3. The molecule has 0 radical (unpaired) electrons. The molecule has 4 aromatic carbocycles. The van der Waals surface area contributed by atoms with Crippen LogP contribution in [0.15, 0.2) is 114 Å². The van der Waals surface area contributed by atoms with Gasteiger partial charge in [-0.1, -0.05) is 56.3 Å². The number of halogens is 1. The highest BCUT2D eigenvalue weighted by Crippen LogP contribution is 2.35. The second-order valence-electron chi connectivity index (χ2n) is 10.5. The molecule has 0 aromatic heterocycles. The van der Waals surface area contributed by atoms with Gasteiger partial charge in [-0.25, -0.2) is 9.29 Å². The lowest BCUT2D eigenvalue weighted by molar-refractivity contribution is -0.121. The Bertz CT molecular complexity index is 1700. The quantitative estimate of drug-likeness (QED) is 0.162. The molecule has 4 aromatic rings. The van der Waals surface area contributed by atoms with E-state index < -0.39 is 22.9 Å². The topological polar surface area (TPSA) is 95.6 Å². The molecule has 0 saturated carbocycles. The number of nitrogens with zero attached hydrogens (tertiary/aromatic N) is 1. The molecule has 4 amide bonds. The van der Waals surface area contributed by atoms with Crippen LogP contribution in [0.1, 0.15) is 47.7 Å². The highest BCUT2D eigenvalue weighted by atomic mass is 32.2. The van der Waals surface area contributed by atoms with E-state index in [0.717, 1.165) is 10.5 Å². The van der Waals surface area contributed by atoms with E-state index in [-0.39, 0.29) is 23.9 Å². The van der Waals surface area contributed by atoms with Gasteiger partial charge in [-0.15, -0.1) is 11.8 Å². The first kappa shape index (κ1) is 30.4. The van der Waals surface area contributed by atoms with Crippen molar-refractivity contribution in [2.45, 2.75) is 36.3 Å². The maximum absolute atomic E-state index is 13.4. The number of anilines is 2. The lowest BCUT2D eigenvalue weighted by Gasteiger charge is -2.16. The Balaban J connectivity index is 1.26. The monoisotopic (exact) mass is 607 g/mol. The Kier molecular flexibility index (Phi) is 9.35. The number of amides is 4. The van der Waals surface area contributed by atoms with Gasteiger partial charge in [-0.05, 0) is 83.8 Å². The van der Waals surface area contributed by atoms with Crippen molar-refractivity contribution in [3.8, 4) is 0 Å². The average molecular weight is 608 g/mol. The van der Waals surface area contributed by atoms with Crippen LogP contribution < -0.4 is 15.5 Å². The molecule has 1 aliphatic rings. The maximum Gasteiger partial charge on any atom is 0.272 e. The summed E-state index contributed by atoms with van der Waals surface area (Å²) in [5, 5.41) is 4.86. The van der Waals surface area contributed by atoms with Crippen LogP contribution in [0.4, 0.5) is 15.8 Å². The molecular formula is C35H30FN3O4S. The zero-order valence-electron chi connectivity index (χ0n) is 24.1. The average Bonchev–Trinajstić information content (AvgIpc) is 3.30. The first-order valence-corrected chi connectivity index (χ1v) is 14.9. The molecular weight excluding hydrogens is 577 g/mol. The molecule has 0 aliphatic carbocycles. The van der Waals surface area contributed by atoms with E-state index in [1.54, 1.807) is 66.7 Å². The van der Waals surface area contributed by atoms with Gasteiger partial charge >= 0.3 is 0 Å². The standard InChI is InChI=1S/C35H30FN3O4S/c1-22(2)24-10-16-28(17-11-24)39-32(40)21-31(35(39)43)44-29-18-14-27(15-19-29)37-34(42)30(20-23-8-12-26(36)13-9-23)38-33(41)25-6-4-3-5-7-25/h3-20,22,31H,21H2,1-2H3,(H,37,42)(H,38,41)/b30-20-. The summed E-state index contributed by atoms with van der Waals surface area (Å²) < 4.78 is 13.4. The van der Waals surface area contributed by atoms with Gasteiger partial charge in [-0.3, -0.25) is 19.2 Å². The van der Waals surface area contributed by atoms with Gasteiger partial charge in [0.15, 0.2) is 0 Å². The molecule has 1 fully saturated rings. The zero-order chi connectivity index (χ0) is 31.2. The first-order valence-electron chi connectivity index (χ1n) is 14.1. The van der Waals surface area contributed by atoms with E-state index >= 15 is 0 Å². The molecule has 0 bridgehead atoms. The number of benzene rings is 4. The highest BCUT2D eigenvalue weighted by molar-refractivity contribution is 8.00. The van der Waals surface area contributed by atoms with E-state index in [2.05, 4.69) is 24.5 Å². The number of thioether (sulfide) groups is 1. The third-order valence-corrected chi connectivity index (χ3v) is 8.22. The van der Waals surface area contributed by atoms with E-state index in [4.69, 9.17) is 0 Å². The lowest BCUT2D eigenvalue weighted by atomic mass is 10.0. The minimum Gasteiger partial charge on any atom is -0.321 e. The summed E-state index contributed by atoms with van der Waals surface area (Å²) in [5.74, 6) is -1.63. The highest BCUT2D eigenvalue weighted by Gasteiger charge is 2.40. The van der Waals surface area contributed by atoms with E-state index in [0.29, 0.717) is 28.4 Å². The lowest BCUT2D eigenvalue weighted by Crippen LogP contribution is -2.31. The van der Waals surface area contributed by atoms with Gasteiger partial charge in [0.05, 0.1) is 10.9 Å². The third kappa shape index (κ3) is 7.30. The largest absolute Gasteiger partial charge is 0.321 e. The molecule has 1 heterocycles. The Morgan fingerprint density at radius 1 is 0.886 bits per heavy atom. The van der Waals surface area contributed by atoms with E-state index in [9.17, 15) is 23.6 Å². The predicted molar refractivity (Wildman–Crippen MR) is 171 cm³/mol. The van der Waals surface area contributed by atoms with Crippen molar-refractivity contribution in [1.29, 1.82) is 0 Å². The Morgan fingerprint density at radius 2 is 1.55 bits per heavy atom. The minimum atomic E-state index is -0.574. The number of hydrogen-bond donors (Lipinski definition) is 2. The first-order chi connectivity index (χ1) is 21.2. The van der Waals surface area contributed by atoms with Crippen LogP contribution in [0.3, 0.4) is 0 Å². The van der Waals surface area contributed by atoms with Gasteiger partial charge in [0.2, 0.25) is 11.8 Å². The van der Waals surface area contributed by atoms with E-state index in [1.165, 1.54) is 47.0 Å². The van der Waals surface area contributed by atoms with Crippen molar-refractivity contribution in [2.24, 2.45) is 0 Å². The van der Waals surface area contributed by atoms with Crippen molar-refractivity contribution in [3.63, 3.8) is 0 Å². The van der Waals surface area contributed by atoms with Gasteiger partial charge in [-0.2, -0.15) is 0 Å². The van der Waals surface area contributed by atoms with Gasteiger partial charge < -0.3 is 10.6 Å². The van der Waals surface area contributed by atoms with Crippen LogP contribution in [-0.4, -0.2) is 28.9 Å². The number of imide groups is 1. The fraction of sp³-hybridized carbons (Fsp3) is 0.143. The molecule has 44 heavy (non-hydrogen) atoms. The summed E-state index contributed by atoms with van der Waals surface area (Å²) in [6.07, 6.45) is 1.55. The van der Waals surface area contributed by atoms with E-state index in [1.807, 2.05) is 12.1 Å².